The third-order valence-electron chi connectivity index (χ3n) is 20.2. The van der Waals surface area contributed by atoms with Gasteiger partial charge in [0.05, 0.1) is 35.6 Å². The molecule has 0 amide bonds. The van der Waals surface area contributed by atoms with Gasteiger partial charge in [0.15, 0.2) is 0 Å². The molecule has 1 N–H and O–H groups in total. The zero-order valence-corrected chi connectivity index (χ0v) is 53.8. The molecule has 0 bridgehead atoms. The third-order valence-corrected chi connectivity index (χ3v) is 20.2. The van der Waals surface area contributed by atoms with Crippen LogP contribution in [0.1, 0.15) is 226 Å². The number of carbonyl (C=O) groups excluding carboxylic acids is 4. The van der Waals surface area contributed by atoms with Crippen LogP contribution in [0.3, 0.4) is 0 Å². The molecule has 9 rings (SSSR count). The maximum Gasteiger partial charge on any atom is 0.343 e. The summed E-state index contributed by atoms with van der Waals surface area (Å²) in [5.74, 6) is 4.80. The van der Waals surface area contributed by atoms with Gasteiger partial charge >= 0.3 is 23.9 Å². The molecule has 89 heavy (non-hydrogen) atoms. The van der Waals surface area contributed by atoms with Gasteiger partial charge in [0.25, 0.3) is 0 Å². The van der Waals surface area contributed by atoms with Gasteiger partial charge in [-0.2, -0.15) is 0 Å². The summed E-state index contributed by atoms with van der Waals surface area (Å²) in [5.41, 5.74) is 4.18. The first-order valence-electron chi connectivity index (χ1n) is 33.7. The molecule has 4 aliphatic rings. The van der Waals surface area contributed by atoms with E-state index in [0.717, 1.165) is 86.9 Å². The molecular formula is C77H97NO11. The summed E-state index contributed by atoms with van der Waals surface area (Å²) in [6.45, 7) is 15.8. The molecule has 0 unspecified atom stereocenters. The van der Waals surface area contributed by atoms with Crippen molar-refractivity contribution < 1.29 is 52.7 Å². The predicted octanol–water partition coefficient (Wildman–Crippen LogP) is 19.2. The van der Waals surface area contributed by atoms with E-state index in [1.54, 1.807) is 90.5 Å². The first-order valence-corrected chi connectivity index (χ1v) is 33.7. The van der Waals surface area contributed by atoms with E-state index >= 15 is 0 Å². The number of carbonyl (C=O) groups is 4. The Balaban J connectivity index is 0.639. The average molecular weight is 1210 g/mol. The number of aromatic hydroxyl groups is 1. The lowest BCUT2D eigenvalue weighted by atomic mass is 9.47. The third kappa shape index (κ3) is 18.0. The Morgan fingerprint density at radius 1 is 0.596 bits per heavy atom. The summed E-state index contributed by atoms with van der Waals surface area (Å²) in [7, 11) is 0. The minimum atomic E-state index is -0.655. The molecule has 12 nitrogen and oxygen atoms in total. The normalized spacial score (nSPS) is 22.3. The molecule has 3 fully saturated rings. The monoisotopic (exact) mass is 1210 g/mol. The number of allylic oxidation sites excluding steroid dienone is 1. The molecule has 0 aromatic heterocycles. The second-order valence-electron chi connectivity index (χ2n) is 26.8. The molecule has 8 atom stereocenters. The maximum absolute atomic E-state index is 13.1. The summed E-state index contributed by atoms with van der Waals surface area (Å²) < 4.78 is 34.7. The molecule has 5 aromatic carbocycles. The lowest BCUT2D eigenvalue weighted by molar-refractivity contribution is -0.151. The first kappa shape index (κ1) is 66.2. The maximum atomic E-state index is 13.1. The van der Waals surface area contributed by atoms with E-state index < -0.39 is 17.9 Å². The van der Waals surface area contributed by atoms with Crippen molar-refractivity contribution in [1.82, 2.24) is 0 Å². The van der Waals surface area contributed by atoms with Gasteiger partial charge in [-0.05, 0) is 214 Å². The molecule has 0 radical (unpaired) electrons. The van der Waals surface area contributed by atoms with E-state index in [1.165, 1.54) is 126 Å². The zero-order chi connectivity index (χ0) is 62.8. The SMILES string of the molecule is CCCCCCCCCCOc1ccc(C(=O)Oc2ccc(C(=O)Oc3cccc(OC(=O)c4ccc(N=Cc5ccc(OCCCCCC(=O)O[C@H]6CC[C@@]7(C)C(=CC[C@H]8[C@@H]9CC[C@H]([C@H](C)CCCC(C)C)[C@@]9(C)CC[C@@H]87)C6)cc5O)cc4)c3)cc2)cc1. The predicted molar refractivity (Wildman–Crippen MR) is 351 cm³/mol. The number of hydrogen-bond acceptors (Lipinski definition) is 12. The van der Waals surface area contributed by atoms with Gasteiger partial charge in [0, 0.05) is 36.8 Å². The number of esters is 4. The zero-order valence-electron chi connectivity index (χ0n) is 53.8. The van der Waals surface area contributed by atoms with Crippen molar-refractivity contribution in [2.75, 3.05) is 13.2 Å². The number of phenolic OH excluding ortho intramolecular Hbond substituents is 1. The van der Waals surface area contributed by atoms with Gasteiger partial charge in [-0.25, -0.2) is 14.4 Å². The van der Waals surface area contributed by atoms with Gasteiger partial charge in [0.1, 0.15) is 40.6 Å². The van der Waals surface area contributed by atoms with Crippen molar-refractivity contribution in [3.8, 4) is 34.5 Å². The van der Waals surface area contributed by atoms with Crippen molar-refractivity contribution in [3.63, 3.8) is 0 Å². The molecule has 0 aliphatic heterocycles. The van der Waals surface area contributed by atoms with Crippen LogP contribution in [0.4, 0.5) is 5.69 Å². The molecule has 5 aromatic rings. The van der Waals surface area contributed by atoms with E-state index in [-0.39, 0.29) is 51.6 Å². The van der Waals surface area contributed by atoms with Crippen LogP contribution < -0.4 is 23.7 Å². The Bertz CT molecular complexity index is 3180. The van der Waals surface area contributed by atoms with Crippen molar-refractivity contribution in [3.05, 3.63) is 149 Å². The van der Waals surface area contributed by atoms with Crippen molar-refractivity contribution >= 4 is 35.8 Å². The number of hydrogen-bond donors (Lipinski definition) is 1. The Labute approximate surface area is 529 Å². The Morgan fingerprint density at radius 3 is 1.82 bits per heavy atom. The molecule has 0 heterocycles. The van der Waals surface area contributed by atoms with Crippen LogP contribution in [-0.4, -0.2) is 54.5 Å². The number of aliphatic imine (C=N–C) groups is 1. The van der Waals surface area contributed by atoms with Crippen LogP contribution in [0.25, 0.3) is 0 Å². The summed E-state index contributed by atoms with van der Waals surface area (Å²) in [6.07, 6.45) is 30.5. The Morgan fingerprint density at radius 2 is 1.18 bits per heavy atom. The number of nitrogens with zero attached hydrogens (tertiary/aromatic N) is 1. The van der Waals surface area contributed by atoms with Crippen molar-refractivity contribution in [2.45, 2.75) is 195 Å². The fourth-order valence-electron chi connectivity index (χ4n) is 15.2. The van der Waals surface area contributed by atoms with E-state index in [9.17, 15) is 24.3 Å². The molecule has 3 saturated carbocycles. The van der Waals surface area contributed by atoms with Crippen LogP contribution in [-0.2, 0) is 9.53 Å². The highest BCUT2D eigenvalue weighted by molar-refractivity contribution is 5.94. The second-order valence-corrected chi connectivity index (χ2v) is 26.8. The summed E-state index contributed by atoms with van der Waals surface area (Å²) in [6, 6.07) is 30.6. The van der Waals surface area contributed by atoms with Crippen molar-refractivity contribution in [2.24, 2.45) is 51.3 Å². The number of rotatable bonds is 31. The van der Waals surface area contributed by atoms with Crippen LogP contribution in [0, 0.1) is 46.3 Å². The number of phenols is 1. The Hall–Kier alpha value is -7.21. The highest BCUT2D eigenvalue weighted by Gasteiger charge is 2.59. The van der Waals surface area contributed by atoms with Crippen molar-refractivity contribution in [1.29, 1.82) is 0 Å². The van der Waals surface area contributed by atoms with E-state index in [2.05, 4.69) is 52.6 Å². The quantitative estimate of drug-likeness (QED) is 0.0148. The van der Waals surface area contributed by atoms with Gasteiger partial charge in [-0.1, -0.05) is 123 Å². The largest absolute Gasteiger partial charge is 0.507 e. The lowest BCUT2D eigenvalue weighted by Gasteiger charge is -2.58. The van der Waals surface area contributed by atoms with Gasteiger partial charge in [-0.3, -0.25) is 9.79 Å². The summed E-state index contributed by atoms with van der Waals surface area (Å²) in [5, 5.41) is 10.8. The van der Waals surface area contributed by atoms with Crippen LogP contribution in [0.2, 0.25) is 0 Å². The smallest absolute Gasteiger partial charge is 0.343 e. The highest BCUT2D eigenvalue weighted by Crippen LogP contribution is 2.67. The molecular weight excluding hydrogens is 1110 g/mol. The van der Waals surface area contributed by atoms with Crippen LogP contribution >= 0.6 is 0 Å². The topological polar surface area (TPSA) is 156 Å². The molecule has 12 heteroatoms. The highest BCUT2D eigenvalue weighted by atomic mass is 16.6. The van der Waals surface area contributed by atoms with Crippen LogP contribution in [0.5, 0.6) is 34.5 Å². The standard InChI is InChI=1S/C77H97NO11/c1-7-8-9-10-11-12-13-16-47-84-61-35-27-56(28-36-61)73(81)87-62-37-29-57(30-38-62)75(83)89-65-23-19-22-64(50-65)88-74(82)55-25-33-60(34-26-55)78-52-58-31-39-63(51-71(58)79)85-48-17-14-15-24-72(80)86-66-43-45-76(5)59(49-66)32-40-67-69-42-41-68(54(4)21-18-20-53(2)3)77(69,6)46-44-70(67)76/h19,22-23,25-39,50-54,66-70,79H,7-18,20-21,24,40-49H2,1-6H3/t54-,66+,67+,68-,69+,70+,76+,77-/m1/s1. The summed E-state index contributed by atoms with van der Waals surface area (Å²) >= 11 is 0. The lowest BCUT2D eigenvalue weighted by Crippen LogP contribution is -2.51. The average Bonchev–Trinajstić information content (AvgIpc) is 1.88. The molecule has 476 valence electrons. The number of fused-ring (bicyclic) bond motifs is 5. The van der Waals surface area contributed by atoms with E-state index in [0.29, 0.717) is 53.4 Å². The minimum Gasteiger partial charge on any atom is -0.507 e. The fourth-order valence-corrected chi connectivity index (χ4v) is 15.2. The van der Waals surface area contributed by atoms with Gasteiger partial charge in [-0.15, -0.1) is 0 Å². The Kier molecular flexibility index (Phi) is 23.8. The first-order chi connectivity index (χ1) is 43.1. The molecule has 0 saturated heterocycles. The van der Waals surface area contributed by atoms with E-state index in [4.69, 9.17) is 28.4 Å². The molecule has 0 spiro atoms. The second kappa shape index (κ2) is 32.0. The van der Waals surface area contributed by atoms with Gasteiger partial charge in [0.2, 0.25) is 0 Å². The summed E-state index contributed by atoms with van der Waals surface area (Å²) in [4.78, 5) is 56.6. The van der Waals surface area contributed by atoms with Gasteiger partial charge < -0.3 is 33.5 Å². The van der Waals surface area contributed by atoms with E-state index in [1.807, 2.05) is 0 Å². The van der Waals surface area contributed by atoms with Crippen LogP contribution in [0.15, 0.2) is 132 Å². The minimum absolute atomic E-state index is 0.0133. The fraction of sp³-hybridized carbons (Fsp3) is 0.519. The number of unbranched alkanes of at least 4 members (excludes halogenated alkanes) is 9. The molecule has 4 aliphatic carbocycles. The number of benzene rings is 5. The number of ether oxygens (including phenoxy) is 6.